The summed E-state index contributed by atoms with van der Waals surface area (Å²) in [4.78, 5) is 24.0. The number of hydrogen-bond acceptors (Lipinski definition) is 5. The van der Waals surface area contributed by atoms with Crippen LogP contribution in [0.5, 0.6) is 0 Å². The zero-order valence-electron chi connectivity index (χ0n) is 14.7. The minimum atomic E-state index is -3.23. The molecule has 0 saturated carbocycles. The van der Waals surface area contributed by atoms with Gasteiger partial charge < -0.3 is 10.6 Å². The van der Waals surface area contributed by atoms with Gasteiger partial charge in [-0.1, -0.05) is 12.1 Å². The van der Waals surface area contributed by atoms with Gasteiger partial charge in [0.25, 0.3) is 5.91 Å². The lowest BCUT2D eigenvalue weighted by molar-refractivity contribution is -0.121. The van der Waals surface area contributed by atoms with Crippen molar-refractivity contribution >= 4 is 33.0 Å². The fourth-order valence-electron chi connectivity index (χ4n) is 2.35. The molecule has 0 spiro atoms. The third-order valence-electron chi connectivity index (χ3n) is 3.84. The molecule has 6 nitrogen and oxygen atoms in total. The topological polar surface area (TPSA) is 92.3 Å². The van der Waals surface area contributed by atoms with E-state index < -0.39 is 9.84 Å². The van der Waals surface area contributed by atoms with Crippen LogP contribution in [0.4, 0.5) is 0 Å². The number of carbonyl (C=O) groups excluding carboxylic acids is 2. The standard InChI is InChI=1S/C18H22N2O4S2/c1-13(14-5-7-16(8-6-14)26(2,23)24)20-17(21)4-3-10-19-18(22)15-9-11-25-12-15/h5-9,11-13H,3-4,10H2,1-2H3,(H,19,22)(H,20,21). The van der Waals surface area contributed by atoms with E-state index in [2.05, 4.69) is 10.6 Å². The third-order valence-corrected chi connectivity index (χ3v) is 5.65. The fourth-order valence-corrected chi connectivity index (χ4v) is 3.61. The van der Waals surface area contributed by atoms with Crippen molar-refractivity contribution < 1.29 is 18.0 Å². The average molecular weight is 395 g/mol. The first kappa shape index (κ1) is 20.1. The maximum Gasteiger partial charge on any atom is 0.252 e. The molecule has 2 rings (SSSR count). The monoisotopic (exact) mass is 394 g/mol. The Bertz CT molecular complexity index is 844. The molecule has 1 heterocycles. The molecule has 0 aliphatic carbocycles. The molecule has 0 aliphatic rings. The Morgan fingerprint density at radius 1 is 1.15 bits per heavy atom. The normalized spacial score (nSPS) is 12.4. The van der Waals surface area contributed by atoms with Gasteiger partial charge in [-0.15, -0.1) is 0 Å². The van der Waals surface area contributed by atoms with Crippen LogP contribution in [0.3, 0.4) is 0 Å². The quantitative estimate of drug-likeness (QED) is 0.673. The Balaban J connectivity index is 1.74. The van der Waals surface area contributed by atoms with E-state index in [0.29, 0.717) is 24.9 Å². The smallest absolute Gasteiger partial charge is 0.252 e. The summed E-state index contributed by atoms with van der Waals surface area (Å²) in [7, 11) is -3.23. The van der Waals surface area contributed by atoms with Gasteiger partial charge in [0.2, 0.25) is 5.91 Å². The Morgan fingerprint density at radius 3 is 2.42 bits per heavy atom. The molecule has 8 heteroatoms. The van der Waals surface area contributed by atoms with E-state index in [1.54, 1.807) is 23.6 Å². The number of benzene rings is 1. The van der Waals surface area contributed by atoms with Gasteiger partial charge in [-0.05, 0) is 42.5 Å². The van der Waals surface area contributed by atoms with Gasteiger partial charge in [-0.2, -0.15) is 11.3 Å². The number of rotatable bonds is 8. The van der Waals surface area contributed by atoms with Gasteiger partial charge in [0.15, 0.2) is 9.84 Å². The lowest BCUT2D eigenvalue weighted by Gasteiger charge is -2.15. The maximum atomic E-state index is 12.0. The highest BCUT2D eigenvalue weighted by Gasteiger charge is 2.12. The van der Waals surface area contributed by atoms with Crippen LogP contribution in [0.2, 0.25) is 0 Å². The van der Waals surface area contributed by atoms with Gasteiger partial charge in [-0.25, -0.2) is 8.42 Å². The molecule has 26 heavy (non-hydrogen) atoms. The van der Waals surface area contributed by atoms with Gasteiger partial charge >= 0.3 is 0 Å². The Labute approximate surface area is 157 Å². The number of carbonyl (C=O) groups is 2. The van der Waals surface area contributed by atoms with E-state index >= 15 is 0 Å². The van der Waals surface area contributed by atoms with Crippen molar-refractivity contribution in [1.82, 2.24) is 10.6 Å². The second-order valence-electron chi connectivity index (χ2n) is 6.00. The van der Waals surface area contributed by atoms with Crippen molar-refractivity contribution in [2.45, 2.75) is 30.7 Å². The molecule has 1 atom stereocenters. The largest absolute Gasteiger partial charge is 0.352 e. The molecule has 1 aromatic carbocycles. The van der Waals surface area contributed by atoms with E-state index in [0.717, 1.165) is 11.8 Å². The van der Waals surface area contributed by atoms with E-state index in [1.165, 1.54) is 23.5 Å². The zero-order chi connectivity index (χ0) is 19.2. The number of amides is 2. The van der Waals surface area contributed by atoms with Crippen LogP contribution in [-0.4, -0.2) is 33.0 Å². The second-order valence-corrected chi connectivity index (χ2v) is 8.80. The molecule has 0 aliphatic heterocycles. The van der Waals surface area contributed by atoms with Crippen LogP contribution in [-0.2, 0) is 14.6 Å². The first-order valence-corrected chi connectivity index (χ1v) is 11.0. The van der Waals surface area contributed by atoms with Crippen LogP contribution < -0.4 is 10.6 Å². The minimum Gasteiger partial charge on any atom is -0.352 e. The zero-order valence-corrected chi connectivity index (χ0v) is 16.3. The van der Waals surface area contributed by atoms with Crippen LogP contribution >= 0.6 is 11.3 Å². The van der Waals surface area contributed by atoms with Crippen LogP contribution in [0.15, 0.2) is 46.0 Å². The lowest BCUT2D eigenvalue weighted by atomic mass is 10.1. The third kappa shape index (κ3) is 5.96. The predicted molar refractivity (Wildman–Crippen MR) is 102 cm³/mol. The Kier molecular flexibility index (Phi) is 6.93. The molecule has 1 aromatic heterocycles. The molecule has 0 bridgehead atoms. The van der Waals surface area contributed by atoms with Gasteiger partial charge in [0.05, 0.1) is 10.9 Å². The first-order valence-electron chi connectivity index (χ1n) is 8.17. The number of sulfone groups is 1. The summed E-state index contributed by atoms with van der Waals surface area (Å²) in [6, 6.07) is 7.99. The predicted octanol–water partition coefficient (Wildman–Crippen LogP) is 2.54. The van der Waals surface area contributed by atoms with E-state index in [4.69, 9.17) is 0 Å². The molecule has 1 unspecified atom stereocenters. The van der Waals surface area contributed by atoms with E-state index in [1.807, 2.05) is 12.3 Å². The summed E-state index contributed by atoms with van der Waals surface area (Å²) in [5.74, 6) is -0.250. The van der Waals surface area contributed by atoms with Crippen LogP contribution in [0.1, 0.15) is 41.7 Å². The van der Waals surface area contributed by atoms with E-state index in [9.17, 15) is 18.0 Å². The Hall–Kier alpha value is -2.19. The number of thiophene rings is 1. The summed E-state index contributed by atoms with van der Waals surface area (Å²) >= 11 is 1.46. The van der Waals surface area contributed by atoms with Crippen molar-refractivity contribution in [3.63, 3.8) is 0 Å². The minimum absolute atomic E-state index is 0.116. The molecule has 0 saturated heterocycles. The molecule has 2 N–H and O–H groups in total. The molecular weight excluding hydrogens is 372 g/mol. The summed E-state index contributed by atoms with van der Waals surface area (Å²) in [6.45, 7) is 2.27. The summed E-state index contributed by atoms with van der Waals surface area (Å²) in [5.41, 5.74) is 1.46. The van der Waals surface area contributed by atoms with Gasteiger partial charge in [0.1, 0.15) is 0 Å². The molecule has 140 valence electrons. The molecule has 2 amide bonds. The number of hydrogen-bond donors (Lipinski definition) is 2. The van der Waals surface area contributed by atoms with Crippen molar-refractivity contribution in [2.24, 2.45) is 0 Å². The van der Waals surface area contributed by atoms with Crippen LogP contribution in [0, 0.1) is 0 Å². The molecule has 0 fully saturated rings. The number of nitrogens with one attached hydrogen (secondary N) is 2. The maximum absolute atomic E-state index is 12.0. The average Bonchev–Trinajstić information content (AvgIpc) is 3.12. The summed E-state index contributed by atoms with van der Waals surface area (Å²) in [6.07, 6.45) is 2.00. The highest BCUT2D eigenvalue weighted by Crippen LogP contribution is 2.16. The first-order chi connectivity index (χ1) is 12.3. The molecule has 0 radical (unpaired) electrons. The highest BCUT2D eigenvalue weighted by molar-refractivity contribution is 7.90. The summed E-state index contributed by atoms with van der Waals surface area (Å²) in [5, 5.41) is 9.26. The SMILES string of the molecule is CC(NC(=O)CCCNC(=O)c1ccsc1)c1ccc(S(C)(=O)=O)cc1. The summed E-state index contributed by atoms with van der Waals surface area (Å²) < 4.78 is 22.9. The Morgan fingerprint density at radius 2 is 1.85 bits per heavy atom. The fraction of sp³-hybridized carbons (Fsp3) is 0.333. The highest BCUT2D eigenvalue weighted by atomic mass is 32.2. The molecule has 2 aromatic rings. The van der Waals surface area contributed by atoms with Crippen molar-refractivity contribution in [3.05, 3.63) is 52.2 Å². The van der Waals surface area contributed by atoms with Crippen molar-refractivity contribution in [1.29, 1.82) is 0 Å². The van der Waals surface area contributed by atoms with Crippen molar-refractivity contribution in [2.75, 3.05) is 12.8 Å². The molecular formula is C18H22N2O4S2. The van der Waals surface area contributed by atoms with E-state index in [-0.39, 0.29) is 22.8 Å². The van der Waals surface area contributed by atoms with Crippen molar-refractivity contribution in [3.8, 4) is 0 Å². The van der Waals surface area contributed by atoms with Gasteiger partial charge in [0, 0.05) is 30.2 Å². The second kappa shape index (κ2) is 8.95. The van der Waals surface area contributed by atoms with Crippen LogP contribution in [0.25, 0.3) is 0 Å². The lowest BCUT2D eigenvalue weighted by Crippen LogP contribution is -2.29. The van der Waals surface area contributed by atoms with Gasteiger partial charge in [-0.3, -0.25) is 9.59 Å².